The van der Waals surface area contributed by atoms with Crippen LogP contribution in [0.4, 0.5) is 0 Å². The lowest BCUT2D eigenvalue weighted by molar-refractivity contribution is 0.630. The summed E-state index contributed by atoms with van der Waals surface area (Å²) in [5.41, 5.74) is 5.14. The topological polar surface area (TPSA) is 0 Å². The van der Waals surface area contributed by atoms with Crippen molar-refractivity contribution in [3.63, 3.8) is 0 Å². The van der Waals surface area contributed by atoms with Gasteiger partial charge in [-0.15, -0.1) is 11.3 Å². The largest absolute Gasteiger partial charge is 0.135 e. The molecule has 0 unspecified atom stereocenters. The van der Waals surface area contributed by atoms with E-state index in [1.165, 1.54) is 74.7 Å². The summed E-state index contributed by atoms with van der Waals surface area (Å²) in [5.74, 6) is 0. The predicted octanol–water partition coefficient (Wildman–Crippen LogP) is 12.2. The molecule has 0 fully saturated rings. The highest BCUT2D eigenvalue weighted by Gasteiger charge is 2.29. The molecule has 0 atom stereocenters. The molecular formula is C42H34S. The Morgan fingerprint density at radius 2 is 0.837 bits per heavy atom. The van der Waals surface area contributed by atoms with Crippen LogP contribution in [0, 0.1) is 0 Å². The van der Waals surface area contributed by atoms with E-state index in [0.717, 1.165) is 0 Å². The molecule has 8 aromatic rings. The SMILES string of the molecule is CC(C)(c1ccc(C(C)(C)c2cccc3c2sc2ccccc23)cc1)c1ccc2c3ccccc3c3ccccc3c2c1. The molecule has 208 valence electrons. The summed E-state index contributed by atoms with van der Waals surface area (Å²) in [4.78, 5) is 0. The zero-order valence-electron chi connectivity index (χ0n) is 25.1. The molecule has 43 heavy (non-hydrogen) atoms. The third-order valence-corrected chi connectivity index (χ3v) is 11.1. The Balaban J connectivity index is 1.21. The zero-order valence-corrected chi connectivity index (χ0v) is 25.9. The van der Waals surface area contributed by atoms with Crippen molar-refractivity contribution in [2.75, 3.05) is 0 Å². The molecule has 1 heteroatoms. The Labute approximate surface area is 257 Å². The van der Waals surface area contributed by atoms with Crippen LogP contribution >= 0.6 is 11.3 Å². The van der Waals surface area contributed by atoms with E-state index in [1.807, 2.05) is 11.3 Å². The van der Waals surface area contributed by atoms with Crippen LogP contribution < -0.4 is 0 Å². The minimum Gasteiger partial charge on any atom is -0.135 e. The molecule has 7 aromatic carbocycles. The van der Waals surface area contributed by atoms with Gasteiger partial charge in [-0.25, -0.2) is 0 Å². The third-order valence-electron chi connectivity index (χ3n) is 9.87. The Morgan fingerprint density at radius 1 is 0.372 bits per heavy atom. The first-order valence-corrected chi connectivity index (χ1v) is 16.0. The molecule has 1 aromatic heterocycles. The first-order valence-electron chi connectivity index (χ1n) is 15.2. The molecule has 0 aliphatic rings. The van der Waals surface area contributed by atoms with Crippen LogP contribution in [-0.4, -0.2) is 0 Å². The molecule has 0 nitrogen and oxygen atoms in total. The van der Waals surface area contributed by atoms with E-state index in [-0.39, 0.29) is 10.8 Å². The summed E-state index contributed by atoms with van der Waals surface area (Å²) >= 11 is 1.92. The van der Waals surface area contributed by atoms with Gasteiger partial charge in [-0.1, -0.05) is 149 Å². The number of rotatable bonds is 4. The Bertz CT molecular complexity index is 2300. The average molecular weight is 571 g/mol. The molecule has 0 amide bonds. The summed E-state index contributed by atoms with van der Waals surface area (Å²) in [5, 5.41) is 10.6. The van der Waals surface area contributed by atoms with Crippen LogP contribution in [0.15, 0.2) is 133 Å². The Kier molecular flexibility index (Phi) is 5.80. The van der Waals surface area contributed by atoms with E-state index >= 15 is 0 Å². The molecule has 0 bridgehead atoms. The van der Waals surface area contributed by atoms with Crippen molar-refractivity contribution < 1.29 is 0 Å². The van der Waals surface area contributed by atoms with E-state index in [1.54, 1.807) is 0 Å². The number of benzene rings is 7. The maximum Gasteiger partial charge on any atom is 0.0396 e. The summed E-state index contributed by atoms with van der Waals surface area (Å²) in [7, 11) is 0. The van der Waals surface area contributed by atoms with Crippen LogP contribution in [0.3, 0.4) is 0 Å². The van der Waals surface area contributed by atoms with Gasteiger partial charge in [-0.2, -0.15) is 0 Å². The van der Waals surface area contributed by atoms with Crippen molar-refractivity contribution in [2.24, 2.45) is 0 Å². The van der Waals surface area contributed by atoms with Gasteiger partial charge in [0.1, 0.15) is 0 Å². The Morgan fingerprint density at radius 3 is 1.47 bits per heavy atom. The van der Waals surface area contributed by atoms with Crippen molar-refractivity contribution in [1.82, 2.24) is 0 Å². The number of fused-ring (bicyclic) bond motifs is 9. The molecule has 0 spiro atoms. The number of hydrogen-bond donors (Lipinski definition) is 0. The summed E-state index contributed by atoms with van der Waals surface area (Å²) in [6, 6.07) is 49.8. The van der Waals surface area contributed by atoms with Gasteiger partial charge in [0.2, 0.25) is 0 Å². The lowest BCUT2D eigenvalue weighted by Crippen LogP contribution is -2.21. The molecule has 0 radical (unpaired) electrons. The van der Waals surface area contributed by atoms with Gasteiger partial charge in [-0.3, -0.25) is 0 Å². The van der Waals surface area contributed by atoms with Crippen LogP contribution in [-0.2, 0) is 10.8 Å². The number of thiophene rings is 1. The van der Waals surface area contributed by atoms with Crippen LogP contribution in [0.1, 0.15) is 49.9 Å². The second-order valence-corrected chi connectivity index (χ2v) is 14.0. The van der Waals surface area contributed by atoms with Crippen LogP contribution in [0.5, 0.6) is 0 Å². The van der Waals surface area contributed by atoms with E-state index in [0.29, 0.717) is 0 Å². The van der Waals surface area contributed by atoms with Crippen LogP contribution in [0.25, 0.3) is 52.5 Å². The highest BCUT2D eigenvalue weighted by Crippen LogP contribution is 2.44. The predicted molar refractivity (Wildman–Crippen MR) is 189 cm³/mol. The summed E-state index contributed by atoms with van der Waals surface area (Å²) in [6.45, 7) is 9.45. The molecule has 0 saturated carbocycles. The minimum atomic E-state index is -0.144. The lowest BCUT2D eigenvalue weighted by atomic mass is 9.74. The first-order chi connectivity index (χ1) is 20.8. The summed E-state index contributed by atoms with van der Waals surface area (Å²) < 4.78 is 2.75. The van der Waals surface area contributed by atoms with Crippen molar-refractivity contribution in [3.05, 3.63) is 156 Å². The van der Waals surface area contributed by atoms with Crippen LogP contribution in [0.2, 0.25) is 0 Å². The normalized spacial score (nSPS) is 12.7. The molecule has 1 heterocycles. The molecule has 8 rings (SSSR count). The van der Waals surface area contributed by atoms with Gasteiger partial charge in [0, 0.05) is 31.0 Å². The maximum atomic E-state index is 2.43. The molecule has 0 aliphatic heterocycles. The standard InChI is InChI=1S/C42H34S/c1-41(2,29-24-25-34-32-14-6-5-12-30(32)31-13-7-8-15-33(31)37(34)26-29)27-20-22-28(23-21-27)42(3,4)38-18-11-17-36-35-16-9-10-19-39(35)43-40(36)38/h5-26H,1-4H3. The zero-order chi connectivity index (χ0) is 29.3. The molecular weight excluding hydrogens is 537 g/mol. The van der Waals surface area contributed by atoms with Crippen molar-refractivity contribution >= 4 is 63.8 Å². The minimum absolute atomic E-state index is 0.119. The third kappa shape index (κ3) is 3.95. The van der Waals surface area contributed by atoms with Crippen molar-refractivity contribution in [2.45, 2.75) is 38.5 Å². The average Bonchev–Trinajstić information content (AvgIpc) is 3.43. The second kappa shape index (κ2) is 9.53. The Hall–Kier alpha value is -4.46. The molecule has 0 saturated heterocycles. The second-order valence-electron chi connectivity index (χ2n) is 13.0. The quantitative estimate of drug-likeness (QED) is 0.185. The van der Waals surface area contributed by atoms with E-state index in [4.69, 9.17) is 0 Å². The monoisotopic (exact) mass is 570 g/mol. The first kappa shape index (κ1) is 26.2. The fraction of sp³-hybridized carbons (Fsp3) is 0.143. The van der Waals surface area contributed by atoms with E-state index in [2.05, 4.69) is 161 Å². The van der Waals surface area contributed by atoms with Gasteiger partial charge in [0.15, 0.2) is 0 Å². The smallest absolute Gasteiger partial charge is 0.0396 e. The van der Waals surface area contributed by atoms with Gasteiger partial charge in [-0.05, 0) is 66.7 Å². The van der Waals surface area contributed by atoms with Crippen molar-refractivity contribution in [1.29, 1.82) is 0 Å². The van der Waals surface area contributed by atoms with E-state index < -0.39 is 0 Å². The van der Waals surface area contributed by atoms with Gasteiger partial charge < -0.3 is 0 Å². The fourth-order valence-electron chi connectivity index (χ4n) is 7.16. The highest BCUT2D eigenvalue weighted by atomic mass is 32.1. The summed E-state index contributed by atoms with van der Waals surface area (Å²) in [6.07, 6.45) is 0. The van der Waals surface area contributed by atoms with Crippen molar-refractivity contribution in [3.8, 4) is 0 Å². The van der Waals surface area contributed by atoms with Gasteiger partial charge in [0.25, 0.3) is 0 Å². The van der Waals surface area contributed by atoms with Gasteiger partial charge in [0.05, 0.1) is 0 Å². The fourth-order valence-corrected chi connectivity index (χ4v) is 8.54. The molecule has 0 N–H and O–H groups in total. The number of hydrogen-bond acceptors (Lipinski definition) is 1. The molecule has 0 aliphatic carbocycles. The van der Waals surface area contributed by atoms with Gasteiger partial charge >= 0.3 is 0 Å². The lowest BCUT2D eigenvalue weighted by Gasteiger charge is -2.30. The highest BCUT2D eigenvalue weighted by molar-refractivity contribution is 7.26. The maximum absolute atomic E-state index is 2.43. The van der Waals surface area contributed by atoms with E-state index in [9.17, 15) is 0 Å².